The van der Waals surface area contributed by atoms with Crippen molar-refractivity contribution in [3.8, 4) is 0 Å². The van der Waals surface area contributed by atoms with Gasteiger partial charge in [0.1, 0.15) is 11.3 Å². The number of rotatable bonds is 8. The summed E-state index contributed by atoms with van der Waals surface area (Å²) >= 11 is 0. The Hall–Kier alpha value is -4.69. The summed E-state index contributed by atoms with van der Waals surface area (Å²) in [6, 6.07) is 25.9. The van der Waals surface area contributed by atoms with Crippen molar-refractivity contribution in [1.29, 1.82) is 0 Å². The molecule has 0 bridgehead atoms. The SMILES string of the molecule is CCCCN1C(=O)[C@]2(O[C@@H](/C=C/c3ccccc3)N(c3ccccc3)C(C(=O)OC)=C2C(=O)OC)c2ccccc21. The van der Waals surface area contributed by atoms with Crippen LogP contribution in [0.1, 0.15) is 30.9 Å². The lowest BCUT2D eigenvalue weighted by Crippen LogP contribution is -2.57. The summed E-state index contributed by atoms with van der Waals surface area (Å²) in [7, 11) is 2.45. The lowest BCUT2D eigenvalue weighted by atomic mass is 9.83. The first-order valence-electron chi connectivity index (χ1n) is 13.6. The highest BCUT2D eigenvalue weighted by Crippen LogP contribution is 2.53. The first-order valence-corrected chi connectivity index (χ1v) is 13.6. The third-order valence-corrected chi connectivity index (χ3v) is 7.29. The number of nitrogens with zero attached hydrogens (tertiary/aromatic N) is 2. The van der Waals surface area contributed by atoms with Gasteiger partial charge in [0.2, 0.25) is 5.60 Å². The van der Waals surface area contributed by atoms with Gasteiger partial charge in [-0.15, -0.1) is 0 Å². The van der Waals surface area contributed by atoms with E-state index in [4.69, 9.17) is 14.2 Å². The summed E-state index contributed by atoms with van der Waals surface area (Å²) in [4.78, 5) is 45.2. The molecule has 0 radical (unpaired) electrons. The van der Waals surface area contributed by atoms with Crippen LogP contribution < -0.4 is 9.80 Å². The number of anilines is 2. The van der Waals surface area contributed by atoms with Crippen molar-refractivity contribution in [1.82, 2.24) is 0 Å². The van der Waals surface area contributed by atoms with Crippen molar-refractivity contribution in [3.63, 3.8) is 0 Å². The Kier molecular flexibility index (Phi) is 8.03. The third-order valence-electron chi connectivity index (χ3n) is 7.29. The zero-order valence-electron chi connectivity index (χ0n) is 23.3. The zero-order valence-corrected chi connectivity index (χ0v) is 23.3. The average molecular weight is 553 g/mol. The maximum absolute atomic E-state index is 14.6. The van der Waals surface area contributed by atoms with Crippen LogP contribution in [0.15, 0.2) is 102 Å². The van der Waals surface area contributed by atoms with E-state index >= 15 is 0 Å². The van der Waals surface area contributed by atoms with E-state index in [1.165, 1.54) is 14.2 Å². The normalized spacial score (nSPS) is 20.1. The molecule has 2 atom stereocenters. The molecular weight excluding hydrogens is 520 g/mol. The van der Waals surface area contributed by atoms with E-state index in [0.717, 1.165) is 18.4 Å². The molecule has 0 N–H and O–H groups in total. The molecule has 0 fully saturated rings. The molecule has 0 aliphatic carbocycles. The Morgan fingerprint density at radius 3 is 2.20 bits per heavy atom. The molecule has 0 saturated heterocycles. The fourth-order valence-corrected chi connectivity index (χ4v) is 5.41. The van der Waals surface area contributed by atoms with Crippen LogP contribution in [0, 0.1) is 0 Å². The summed E-state index contributed by atoms with van der Waals surface area (Å²) in [5, 5.41) is 0. The second-order valence-corrected chi connectivity index (χ2v) is 9.70. The van der Waals surface area contributed by atoms with Crippen LogP contribution in [0.25, 0.3) is 6.08 Å². The van der Waals surface area contributed by atoms with E-state index in [1.54, 1.807) is 40.1 Å². The van der Waals surface area contributed by atoms with Gasteiger partial charge in [-0.05, 0) is 36.3 Å². The van der Waals surface area contributed by atoms with Crippen molar-refractivity contribution in [2.75, 3.05) is 30.6 Å². The molecule has 0 unspecified atom stereocenters. The van der Waals surface area contributed by atoms with E-state index in [0.29, 0.717) is 23.5 Å². The lowest BCUT2D eigenvalue weighted by Gasteiger charge is -2.45. The zero-order chi connectivity index (χ0) is 29.0. The minimum Gasteiger partial charge on any atom is -0.465 e. The van der Waals surface area contributed by atoms with Crippen molar-refractivity contribution in [2.45, 2.75) is 31.6 Å². The average Bonchev–Trinajstić information content (AvgIpc) is 3.25. The first-order chi connectivity index (χ1) is 20.0. The topological polar surface area (TPSA) is 85.4 Å². The van der Waals surface area contributed by atoms with Gasteiger partial charge in [0, 0.05) is 17.8 Å². The van der Waals surface area contributed by atoms with Crippen LogP contribution in [-0.4, -0.2) is 44.8 Å². The predicted molar refractivity (Wildman–Crippen MR) is 156 cm³/mol. The van der Waals surface area contributed by atoms with Gasteiger partial charge in [-0.2, -0.15) is 0 Å². The number of carbonyl (C=O) groups is 3. The first kappa shape index (κ1) is 27.9. The van der Waals surface area contributed by atoms with Gasteiger partial charge in [-0.1, -0.05) is 86.2 Å². The van der Waals surface area contributed by atoms with Crippen molar-refractivity contribution in [3.05, 3.63) is 113 Å². The molecule has 1 spiro atoms. The molecule has 3 aromatic rings. The molecular formula is C33H32N2O6. The number of ether oxygens (including phenoxy) is 3. The Balaban J connectivity index is 1.83. The van der Waals surface area contributed by atoms with Crippen LogP contribution in [-0.2, 0) is 34.2 Å². The van der Waals surface area contributed by atoms with Crippen LogP contribution in [0.3, 0.4) is 0 Å². The minimum absolute atomic E-state index is 0.125. The molecule has 41 heavy (non-hydrogen) atoms. The quantitative estimate of drug-likeness (QED) is 0.355. The van der Waals surface area contributed by atoms with Gasteiger partial charge in [-0.25, -0.2) is 9.59 Å². The number of amides is 1. The highest BCUT2D eigenvalue weighted by atomic mass is 16.6. The molecule has 5 rings (SSSR count). The van der Waals surface area contributed by atoms with E-state index in [1.807, 2.05) is 73.7 Å². The van der Waals surface area contributed by atoms with Crippen LogP contribution >= 0.6 is 0 Å². The predicted octanol–water partition coefficient (Wildman–Crippen LogP) is 5.21. The van der Waals surface area contributed by atoms with E-state index in [-0.39, 0.29) is 11.3 Å². The van der Waals surface area contributed by atoms with E-state index < -0.39 is 29.7 Å². The van der Waals surface area contributed by atoms with Gasteiger partial charge < -0.3 is 24.0 Å². The maximum Gasteiger partial charge on any atom is 0.355 e. The summed E-state index contributed by atoms with van der Waals surface area (Å²) in [6.45, 7) is 2.46. The molecule has 8 nitrogen and oxygen atoms in total. The fraction of sp³-hybridized carbons (Fsp3) is 0.242. The molecule has 210 valence electrons. The van der Waals surface area contributed by atoms with Gasteiger partial charge in [0.05, 0.1) is 19.9 Å². The van der Waals surface area contributed by atoms with Crippen molar-refractivity contribution >= 4 is 35.3 Å². The lowest BCUT2D eigenvalue weighted by molar-refractivity contribution is -0.156. The number of unbranched alkanes of at least 4 members (excludes halogenated alkanes) is 1. The molecule has 1 amide bonds. The monoisotopic (exact) mass is 552 g/mol. The Morgan fingerprint density at radius 2 is 1.54 bits per heavy atom. The number of hydrogen-bond donors (Lipinski definition) is 0. The highest BCUT2D eigenvalue weighted by Gasteiger charge is 2.63. The van der Waals surface area contributed by atoms with Gasteiger partial charge >= 0.3 is 11.9 Å². The van der Waals surface area contributed by atoms with Gasteiger partial charge in [0.15, 0.2) is 6.23 Å². The second kappa shape index (κ2) is 11.8. The third kappa shape index (κ3) is 4.80. The minimum atomic E-state index is -1.95. The Labute approximate surface area is 239 Å². The number of methoxy groups -OCH3 is 2. The Morgan fingerprint density at radius 1 is 0.902 bits per heavy atom. The fourth-order valence-electron chi connectivity index (χ4n) is 5.41. The number of fused-ring (bicyclic) bond motifs is 2. The molecule has 2 aliphatic heterocycles. The molecule has 2 aliphatic rings. The molecule has 3 aromatic carbocycles. The van der Waals surface area contributed by atoms with Crippen LogP contribution in [0.2, 0.25) is 0 Å². The number of benzene rings is 3. The Bertz CT molecular complexity index is 1500. The largest absolute Gasteiger partial charge is 0.465 e. The maximum atomic E-state index is 14.6. The van der Waals surface area contributed by atoms with Gasteiger partial charge in [-0.3, -0.25) is 4.79 Å². The van der Waals surface area contributed by atoms with E-state index in [9.17, 15) is 14.4 Å². The highest BCUT2D eigenvalue weighted by molar-refractivity contribution is 6.17. The van der Waals surface area contributed by atoms with Crippen LogP contribution in [0.5, 0.6) is 0 Å². The van der Waals surface area contributed by atoms with E-state index in [2.05, 4.69) is 0 Å². The summed E-state index contributed by atoms with van der Waals surface area (Å²) in [5.74, 6) is -2.12. The van der Waals surface area contributed by atoms with Crippen LogP contribution in [0.4, 0.5) is 11.4 Å². The molecule has 8 heteroatoms. The molecule has 2 heterocycles. The number of para-hydroxylation sites is 2. The standard InChI is InChI=1S/C33H32N2O6/c1-4-5-22-34-26-19-13-12-18-25(26)33(32(34)38)28(30(36)39-2)29(31(37)40-3)35(24-16-10-7-11-17-24)27(41-33)21-20-23-14-8-6-9-15-23/h6-21,27H,4-5,22H2,1-3H3/b21-20+/t27-,33-/m0/s1. The van der Waals surface area contributed by atoms with Crippen molar-refractivity contribution < 1.29 is 28.6 Å². The molecule has 0 aromatic heterocycles. The number of esters is 2. The molecule has 0 saturated carbocycles. The summed E-state index contributed by atoms with van der Waals surface area (Å²) in [6.07, 6.45) is 4.24. The smallest absolute Gasteiger partial charge is 0.355 e. The van der Waals surface area contributed by atoms with Gasteiger partial charge in [0.25, 0.3) is 5.91 Å². The second-order valence-electron chi connectivity index (χ2n) is 9.70. The summed E-state index contributed by atoms with van der Waals surface area (Å²) < 4.78 is 17.3. The number of hydrogen-bond acceptors (Lipinski definition) is 7. The summed E-state index contributed by atoms with van der Waals surface area (Å²) in [5.41, 5.74) is 0.246. The number of carbonyl (C=O) groups excluding carboxylic acids is 3. The van der Waals surface area contributed by atoms with Crippen molar-refractivity contribution in [2.24, 2.45) is 0 Å².